The van der Waals surface area contributed by atoms with Gasteiger partial charge in [0.2, 0.25) is 0 Å². The van der Waals surface area contributed by atoms with Crippen LogP contribution >= 0.6 is 34.3 Å². The first-order valence-corrected chi connectivity index (χ1v) is 8.16. The van der Waals surface area contributed by atoms with Gasteiger partial charge in [-0.2, -0.15) is 0 Å². The SMILES string of the molecule is Cc1ncc(CNC2CCCc3sc(Cl)cc32)s1. The van der Waals surface area contributed by atoms with Gasteiger partial charge in [-0.25, -0.2) is 4.98 Å². The molecule has 18 heavy (non-hydrogen) atoms. The van der Waals surface area contributed by atoms with Crippen LogP contribution in [0, 0.1) is 6.92 Å². The molecule has 0 spiro atoms. The van der Waals surface area contributed by atoms with Crippen LogP contribution < -0.4 is 5.32 Å². The molecule has 2 aromatic rings. The van der Waals surface area contributed by atoms with Gasteiger partial charge in [0.1, 0.15) is 0 Å². The Morgan fingerprint density at radius 2 is 2.39 bits per heavy atom. The summed E-state index contributed by atoms with van der Waals surface area (Å²) in [4.78, 5) is 7.06. The van der Waals surface area contributed by atoms with E-state index in [0.717, 1.165) is 15.9 Å². The summed E-state index contributed by atoms with van der Waals surface area (Å²) in [5.74, 6) is 0. The number of aromatic nitrogens is 1. The van der Waals surface area contributed by atoms with Crippen molar-refractivity contribution in [1.29, 1.82) is 0 Å². The molecule has 0 saturated carbocycles. The van der Waals surface area contributed by atoms with E-state index in [2.05, 4.69) is 16.4 Å². The zero-order valence-electron chi connectivity index (χ0n) is 10.2. The van der Waals surface area contributed by atoms with E-state index in [1.54, 1.807) is 22.7 Å². The number of hydrogen-bond acceptors (Lipinski definition) is 4. The number of nitrogens with zero attached hydrogens (tertiary/aromatic N) is 1. The number of halogens is 1. The van der Waals surface area contributed by atoms with Crippen LogP contribution in [0.3, 0.4) is 0 Å². The fraction of sp³-hybridized carbons (Fsp3) is 0.462. The van der Waals surface area contributed by atoms with Crippen molar-refractivity contribution in [3.05, 3.63) is 36.9 Å². The first-order chi connectivity index (χ1) is 8.72. The van der Waals surface area contributed by atoms with E-state index in [-0.39, 0.29) is 0 Å². The third-order valence-electron chi connectivity index (χ3n) is 3.28. The van der Waals surface area contributed by atoms with E-state index in [9.17, 15) is 0 Å². The Morgan fingerprint density at radius 3 is 3.17 bits per heavy atom. The van der Waals surface area contributed by atoms with Crippen molar-refractivity contribution in [1.82, 2.24) is 10.3 Å². The molecule has 2 aromatic heterocycles. The van der Waals surface area contributed by atoms with Crippen molar-refractivity contribution < 1.29 is 0 Å². The number of thiazole rings is 1. The van der Waals surface area contributed by atoms with Crippen molar-refractivity contribution in [2.75, 3.05) is 0 Å². The summed E-state index contributed by atoms with van der Waals surface area (Å²) in [6.07, 6.45) is 5.61. The van der Waals surface area contributed by atoms with Crippen LogP contribution in [0.2, 0.25) is 4.34 Å². The highest BCUT2D eigenvalue weighted by Gasteiger charge is 2.22. The van der Waals surface area contributed by atoms with Crippen molar-refractivity contribution >= 4 is 34.3 Å². The maximum atomic E-state index is 6.12. The molecule has 96 valence electrons. The van der Waals surface area contributed by atoms with E-state index >= 15 is 0 Å². The number of thiophene rings is 1. The van der Waals surface area contributed by atoms with Crippen molar-refractivity contribution in [2.45, 2.75) is 38.8 Å². The molecule has 1 aliphatic carbocycles. The van der Waals surface area contributed by atoms with Crippen LogP contribution in [0.4, 0.5) is 0 Å². The van der Waals surface area contributed by atoms with Gasteiger partial charge in [0.05, 0.1) is 9.34 Å². The highest BCUT2D eigenvalue weighted by Crippen LogP contribution is 2.37. The summed E-state index contributed by atoms with van der Waals surface area (Å²) in [6.45, 7) is 2.95. The molecule has 0 bridgehead atoms. The molecule has 0 amide bonds. The summed E-state index contributed by atoms with van der Waals surface area (Å²) in [5, 5.41) is 4.77. The molecule has 0 saturated heterocycles. The lowest BCUT2D eigenvalue weighted by atomic mass is 9.94. The third-order valence-corrected chi connectivity index (χ3v) is 5.53. The predicted octanol–water partition coefficient (Wildman–Crippen LogP) is 4.33. The lowest BCUT2D eigenvalue weighted by Gasteiger charge is -2.23. The molecule has 1 atom stereocenters. The summed E-state index contributed by atoms with van der Waals surface area (Å²) in [6, 6.07) is 2.59. The Kier molecular flexibility index (Phi) is 3.71. The number of fused-ring (bicyclic) bond motifs is 1. The fourth-order valence-corrected chi connectivity index (χ4v) is 4.57. The monoisotopic (exact) mass is 298 g/mol. The molecular weight excluding hydrogens is 284 g/mol. The van der Waals surface area contributed by atoms with E-state index in [4.69, 9.17) is 11.6 Å². The fourth-order valence-electron chi connectivity index (χ4n) is 2.44. The van der Waals surface area contributed by atoms with E-state index in [0.29, 0.717) is 6.04 Å². The van der Waals surface area contributed by atoms with Gasteiger partial charge in [0.25, 0.3) is 0 Å². The smallest absolute Gasteiger partial charge is 0.0934 e. The number of hydrogen-bond donors (Lipinski definition) is 1. The molecule has 1 aliphatic rings. The van der Waals surface area contributed by atoms with E-state index < -0.39 is 0 Å². The molecular formula is C13H15ClN2S2. The summed E-state index contributed by atoms with van der Waals surface area (Å²) in [5.41, 5.74) is 1.41. The minimum absolute atomic E-state index is 0.458. The quantitative estimate of drug-likeness (QED) is 0.912. The van der Waals surface area contributed by atoms with Gasteiger partial charge >= 0.3 is 0 Å². The minimum Gasteiger partial charge on any atom is -0.305 e. The maximum Gasteiger partial charge on any atom is 0.0934 e. The Morgan fingerprint density at radius 1 is 1.50 bits per heavy atom. The number of aryl methyl sites for hydroxylation is 2. The van der Waals surface area contributed by atoms with Crippen molar-refractivity contribution in [3.63, 3.8) is 0 Å². The largest absolute Gasteiger partial charge is 0.305 e. The van der Waals surface area contributed by atoms with Gasteiger partial charge < -0.3 is 5.32 Å². The molecule has 0 fully saturated rings. The van der Waals surface area contributed by atoms with Crippen LogP contribution in [0.25, 0.3) is 0 Å². The molecule has 0 aliphatic heterocycles. The van der Waals surface area contributed by atoms with Crippen LogP contribution in [0.5, 0.6) is 0 Å². The average molecular weight is 299 g/mol. The maximum absolute atomic E-state index is 6.12. The van der Waals surface area contributed by atoms with E-state index in [1.165, 1.54) is 34.6 Å². The molecule has 2 nitrogen and oxygen atoms in total. The molecule has 1 N–H and O–H groups in total. The Hall–Kier alpha value is -0.420. The lowest BCUT2D eigenvalue weighted by Crippen LogP contribution is -2.23. The van der Waals surface area contributed by atoms with E-state index in [1.807, 2.05) is 13.1 Å². The second-order valence-corrected chi connectivity index (χ2v) is 7.69. The van der Waals surface area contributed by atoms with Crippen molar-refractivity contribution in [2.24, 2.45) is 0 Å². The summed E-state index contributed by atoms with van der Waals surface area (Å²) >= 11 is 9.62. The predicted molar refractivity (Wildman–Crippen MR) is 78.7 cm³/mol. The van der Waals surface area contributed by atoms with Crippen LogP contribution in [-0.4, -0.2) is 4.98 Å². The van der Waals surface area contributed by atoms with Crippen LogP contribution in [-0.2, 0) is 13.0 Å². The third kappa shape index (κ3) is 2.62. The van der Waals surface area contributed by atoms with Crippen LogP contribution in [0.1, 0.15) is 39.2 Å². The zero-order chi connectivity index (χ0) is 12.5. The Bertz CT molecular complexity index is 547. The molecule has 0 radical (unpaired) electrons. The highest BCUT2D eigenvalue weighted by atomic mass is 35.5. The minimum atomic E-state index is 0.458. The second kappa shape index (κ2) is 5.29. The van der Waals surface area contributed by atoms with Gasteiger partial charge in [0.15, 0.2) is 0 Å². The number of rotatable bonds is 3. The van der Waals surface area contributed by atoms with Gasteiger partial charge in [-0.15, -0.1) is 22.7 Å². The second-order valence-electron chi connectivity index (χ2n) is 4.60. The molecule has 3 rings (SSSR count). The van der Waals surface area contributed by atoms with Gasteiger partial charge in [-0.1, -0.05) is 11.6 Å². The topological polar surface area (TPSA) is 24.9 Å². The van der Waals surface area contributed by atoms with Gasteiger partial charge in [0, 0.05) is 28.5 Å². The van der Waals surface area contributed by atoms with Crippen LogP contribution in [0.15, 0.2) is 12.3 Å². The molecule has 2 heterocycles. The number of nitrogens with one attached hydrogen (secondary N) is 1. The summed E-state index contributed by atoms with van der Waals surface area (Å²) < 4.78 is 0.919. The summed E-state index contributed by atoms with van der Waals surface area (Å²) in [7, 11) is 0. The van der Waals surface area contributed by atoms with Gasteiger partial charge in [-0.05, 0) is 37.8 Å². The first-order valence-electron chi connectivity index (χ1n) is 6.15. The Labute approximate surface area is 120 Å². The van der Waals surface area contributed by atoms with Crippen molar-refractivity contribution in [3.8, 4) is 0 Å². The highest BCUT2D eigenvalue weighted by molar-refractivity contribution is 7.16. The average Bonchev–Trinajstić information content (AvgIpc) is 2.91. The van der Waals surface area contributed by atoms with Gasteiger partial charge in [-0.3, -0.25) is 0 Å². The zero-order valence-corrected chi connectivity index (χ0v) is 12.6. The standard InChI is InChI=1S/C13H15ClN2S2/c1-8-15-6-9(17-8)7-16-11-3-2-4-12-10(11)5-13(14)18-12/h5-6,11,16H,2-4,7H2,1H3. The molecule has 0 aromatic carbocycles. The normalized spacial score (nSPS) is 18.9. The molecule has 1 unspecified atom stereocenters. The first kappa shape index (κ1) is 12.6. The Balaban J connectivity index is 1.70. The lowest BCUT2D eigenvalue weighted by molar-refractivity contribution is 0.465. The molecule has 5 heteroatoms.